The fourth-order valence-electron chi connectivity index (χ4n) is 2.82. The number of rotatable bonds is 0. The van der Waals surface area contributed by atoms with E-state index in [-0.39, 0.29) is 0 Å². The fourth-order valence-corrected chi connectivity index (χ4v) is 2.82. The van der Waals surface area contributed by atoms with Crippen LogP contribution in [0.5, 0.6) is 0 Å². The van der Waals surface area contributed by atoms with Gasteiger partial charge in [-0.05, 0) is 55.6 Å². The van der Waals surface area contributed by atoms with Crippen LogP contribution in [0.2, 0.25) is 0 Å². The van der Waals surface area contributed by atoms with Crippen molar-refractivity contribution in [2.45, 2.75) is 72.1 Å². The molecule has 0 aromatic carbocycles. The van der Waals surface area contributed by atoms with E-state index in [0.717, 1.165) is 0 Å². The van der Waals surface area contributed by atoms with Crippen molar-refractivity contribution in [1.29, 1.82) is 0 Å². The summed E-state index contributed by atoms with van der Waals surface area (Å²) in [4.78, 5) is 0. The molecule has 1 nitrogen and oxygen atoms in total. The van der Waals surface area contributed by atoms with E-state index in [1.165, 1.54) is 62.6 Å². The Kier molecular flexibility index (Phi) is 6.39. The van der Waals surface area contributed by atoms with E-state index in [0.29, 0.717) is 5.92 Å². The number of hydrogen-bond acceptors (Lipinski definition) is 1. The lowest BCUT2D eigenvalue weighted by Crippen LogP contribution is -2.12. The average molecular weight is 235 g/mol. The first-order valence-electron chi connectivity index (χ1n) is 7.47. The Morgan fingerprint density at radius 3 is 2.59 bits per heavy atom. The molecular formula is C16H29N. The van der Waals surface area contributed by atoms with Gasteiger partial charge in [0.25, 0.3) is 0 Å². The molecule has 0 aliphatic heterocycles. The summed E-state index contributed by atoms with van der Waals surface area (Å²) in [6, 6.07) is 0. The number of hydrogen-bond donors (Lipinski definition) is 1. The Hall–Kier alpha value is -0.720. The molecule has 2 aliphatic rings. The molecule has 0 heterocycles. The molecule has 0 saturated heterocycles. The van der Waals surface area contributed by atoms with Crippen LogP contribution in [0, 0.1) is 5.92 Å². The normalized spacial score (nSPS) is 32.9. The second-order valence-electron chi connectivity index (χ2n) is 5.06. The molecule has 0 aromatic heterocycles. The van der Waals surface area contributed by atoms with Gasteiger partial charge < -0.3 is 5.73 Å². The fraction of sp³-hybridized carbons (Fsp3) is 0.750. The summed E-state index contributed by atoms with van der Waals surface area (Å²) in [6.45, 7) is 6.29. The molecule has 1 atom stereocenters. The van der Waals surface area contributed by atoms with E-state index >= 15 is 0 Å². The third kappa shape index (κ3) is 3.90. The van der Waals surface area contributed by atoms with Crippen molar-refractivity contribution in [1.82, 2.24) is 0 Å². The van der Waals surface area contributed by atoms with Crippen molar-refractivity contribution in [3.63, 3.8) is 0 Å². The maximum absolute atomic E-state index is 6.29. The summed E-state index contributed by atoms with van der Waals surface area (Å²) < 4.78 is 0. The summed E-state index contributed by atoms with van der Waals surface area (Å²) in [5.74, 6) is 0.597. The summed E-state index contributed by atoms with van der Waals surface area (Å²) in [5.41, 5.74) is 10.6. The van der Waals surface area contributed by atoms with Gasteiger partial charge in [-0.15, -0.1) is 0 Å². The molecule has 1 heteroatoms. The van der Waals surface area contributed by atoms with Gasteiger partial charge >= 0.3 is 0 Å². The highest BCUT2D eigenvalue weighted by Crippen LogP contribution is 2.35. The Bertz CT molecular complexity index is 286. The standard InChI is InChI=1S/C14H23N.C2H6/c1-11-7-4-2-3-5-8-12-9-6-10-13(12)14(11)15;1-2/h8,11H,2-7,9-10,15H2,1H3;1-2H3/b12-8-,14-13+;. The zero-order valence-electron chi connectivity index (χ0n) is 11.9. The lowest BCUT2D eigenvalue weighted by molar-refractivity contribution is 0.537. The minimum atomic E-state index is 0.597. The van der Waals surface area contributed by atoms with Crippen molar-refractivity contribution in [2.75, 3.05) is 0 Å². The van der Waals surface area contributed by atoms with Crippen molar-refractivity contribution in [3.8, 4) is 0 Å². The van der Waals surface area contributed by atoms with Gasteiger partial charge in [0, 0.05) is 5.70 Å². The van der Waals surface area contributed by atoms with Crippen molar-refractivity contribution in [2.24, 2.45) is 11.7 Å². The second kappa shape index (κ2) is 7.58. The molecule has 17 heavy (non-hydrogen) atoms. The van der Waals surface area contributed by atoms with Crippen LogP contribution < -0.4 is 5.73 Å². The SMILES string of the molecule is CC.CC1CCCCC/C=C2/CCC/C2=C/1N. The first kappa shape index (κ1) is 14.3. The molecular weight excluding hydrogens is 206 g/mol. The second-order valence-corrected chi connectivity index (χ2v) is 5.06. The first-order valence-corrected chi connectivity index (χ1v) is 7.47. The van der Waals surface area contributed by atoms with Gasteiger partial charge in [-0.1, -0.05) is 39.7 Å². The molecule has 1 unspecified atom stereocenters. The quantitative estimate of drug-likeness (QED) is 0.632. The molecule has 0 spiro atoms. The molecule has 1 saturated carbocycles. The maximum atomic E-state index is 6.29. The molecule has 2 rings (SSSR count). The Labute approximate surface area is 107 Å². The lowest BCUT2D eigenvalue weighted by Gasteiger charge is -2.17. The topological polar surface area (TPSA) is 26.0 Å². The van der Waals surface area contributed by atoms with Crippen molar-refractivity contribution >= 4 is 0 Å². The summed E-state index contributed by atoms with van der Waals surface area (Å²) >= 11 is 0. The Morgan fingerprint density at radius 2 is 1.82 bits per heavy atom. The van der Waals surface area contributed by atoms with Crippen LogP contribution in [-0.4, -0.2) is 0 Å². The predicted molar refractivity (Wildman–Crippen MR) is 76.7 cm³/mol. The molecule has 2 aliphatic carbocycles. The number of fused-ring (bicyclic) bond motifs is 1. The van der Waals surface area contributed by atoms with Crippen LogP contribution in [-0.2, 0) is 0 Å². The molecule has 0 aromatic rings. The highest BCUT2D eigenvalue weighted by molar-refractivity contribution is 5.38. The highest BCUT2D eigenvalue weighted by Gasteiger charge is 2.19. The number of allylic oxidation sites excluding steroid dienone is 4. The van der Waals surface area contributed by atoms with Crippen LogP contribution in [0.3, 0.4) is 0 Å². The Morgan fingerprint density at radius 1 is 1.06 bits per heavy atom. The van der Waals surface area contributed by atoms with Gasteiger partial charge in [-0.25, -0.2) is 0 Å². The zero-order valence-corrected chi connectivity index (χ0v) is 11.9. The van der Waals surface area contributed by atoms with Crippen LogP contribution >= 0.6 is 0 Å². The van der Waals surface area contributed by atoms with Crippen molar-refractivity contribution < 1.29 is 0 Å². The van der Waals surface area contributed by atoms with Gasteiger partial charge in [0.15, 0.2) is 0 Å². The van der Waals surface area contributed by atoms with Crippen LogP contribution in [0.4, 0.5) is 0 Å². The van der Waals surface area contributed by atoms with E-state index in [1.807, 2.05) is 13.8 Å². The monoisotopic (exact) mass is 235 g/mol. The van der Waals surface area contributed by atoms with E-state index < -0.39 is 0 Å². The van der Waals surface area contributed by atoms with Crippen molar-refractivity contribution in [3.05, 3.63) is 22.9 Å². The molecule has 0 radical (unpaired) electrons. The largest absolute Gasteiger partial charge is 0.402 e. The van der Waals surface area contributed by atoms with Gasteiger partial charge in [0.05, 0.1) is 0 Å². The smallest absolute Gasteiger partial charge is 0.0144 e. The lowest BCUT2D eigenvalue weighted by atomic mass is 9.92. The van der Waals surface area contributed by atoms with Crippen LogP contribution in [0.15, 0.2) is 22.9 Å². The van der Waals surface area contributed by atoms with E-state index in [9.17, 15) is 0 Å². The molecule has 2 N–H and O–H groups in total. The van der Waals surface area contributed by atoms with Gasteiger partial charge in [0.1, 0.15) is 0 Å². The van der Waals surface area contributed by atoms with Crippen LogP contribution in [0.25, 0.3) is 0 Å². The zero-order chi connectivity index (χ0) is 12.7. The molecule has 0 amide bonds. The summed E-state index contributed by atoms with van der Waals surface area (Å²) in [6.07, 6.45) is 12.9. The maximum Gasteiger partial charge on any atom is 0.0144 e. The van der Waals surface area contributed by atoms with Gasteiger partial charge in [-0.3, -0.25) is 0 Å². The molecule has 98 valence electrons. The number of nitrogens with two attached hydrogens (primary N) is 1. The third-order valence-electron chi connectivity index (χ3n) is 3.87. The average Bonchev–Trinajstić information content (AvgIpc) is 2.82. The highest BCUT2D eigenvalue weighted by atomic mass is 14.6. The summed E-state index contributed by atoms with van der Waals surface area (Å²) in [5, 5.41) is 0. The minimum Gasteiger partial charge on any atom is -0.402 e. The molecule has 0 bridgehead atoms. The van der Waals surface area contributed by atoms with E-state index in [4.69, 9.17) is 5.73 Å². The molecule has 1 fully saturated rings. The summed E-state index contributed by atoms with van der Waals surface area (Å²) in [7, 11) is 0. The predicted octanol–water partition coefficient (Wildman–Crippen LogP) is 4.94. The first-order chi connectivity index (χ1) is 8.29. The van der Waals surface area contributed by atoms with Crippen LogP contribution in [0.1, 0.15) is 72.1 Å². The minimum absolute atomic E-state index is 0.597. The van der Waals surface area contributed by atoms with E-state index in [2.05, 4.69) is 13.0 Å². The van der Waals surface area contributed by atoms with Gasteiger partial charge in [-0.2, -0.15) is 0 Å². The third-order valence-corrected chi connectivity index (χ3v) is 3.87. The van der Waals surface area contributed by atoms with Gasteiger partial charge in [0.2, 0.25) is 0 Å². The Balaban J connectivity index is 0.000000686. The van der Waals surface area contributed by atoms with E-state index in [1.54, 1.807) is 5.57 Å².